The molecule has 2 aliphatic rings. The van der Waals surface area contributed by atoms with E-state index in [-0.39, 0.29) is 6.10 Å². The van der Waals surface area contributed by atoms with Gasteiger partial charge in [-0.15, -0.1) is 0 Å². The standard InChI is InChI=1S/C18H28N2O/c1-13-6-7-14(2)17(9-13)18(21)12-20-11-16-5-4-8-19(16)10-15(20)3/h6-7,9,15-16,18,21H,4-5,8,10-12H2,1-3H3. The summed E-state index contributed by atoms with van der Waals surface area (Å²) in [4.78, 5) is 5.12. The molecule has 0 aliphatic carbocycles. The maximum absolute atomic E-state index is 10.7. The first-order valence-corrected chi connectivity index (χ1v) is 8.28. The van der Waals surface area contributed by atoms with Gasteiger partial charge in [-0.1, -0.05) is 23.8 Å². The number of hydrogen-bond donors (Lipinski definition) is 1. The summed E-state index contributed by atoms with van der Waals surface area (Å²) in [6.45, 7) is 10.8. The summed E-state index contributed by atoms with van der Waals surface area (Å²) in [6.07, 6.45) is 2.29. The van der Waals surface area contributed by atoms with Crippen molar-refractivity contribution in [2.45, 2.75) is 51.8 Å². The molecule has 116 valence electrons. The monoisotopic (exact) mass is 288 g/mol. The Hall–Kier alpha value is -0.900. The molecule has 3 nitrogen and oxygen atoms in total. The van der Waals surface area contributed by atoms with E-state index < -0.39 is 0 Å². The Bertz CT molecular complexity index is 502. The summed E-state index contributed by atoms with van der Waals surface area (Å²) in [6, 6.07) is 7.62. The normalized spacial score (nSPS) is 28.6. The highest BCUT2D eigenvalue weighted by Gasteiger charge is 2.35. The summed E-state index contributed by atoms with van der Waals surface area (Å²) in [7, 11) is 0. The Morgan fingerprint density at radius 2 is 2.10 bits per heavy atom. The van der Waals surface area contributed by atoms with Gasteiger partial charge in [-0.2, -0.15) is 0 Å². The van der Waals surface area contributed by atoms with Crippen LogP contribution in [0.15, 0.2) is 18.2 Å². The summed E-state index contributed by atoms with van der Waals surface area (Å²) in [5, 5.41) is 10.7. The lowest BCUT2D eigenvalue weighted by Crippen LogP contribution is -2.55. The third-order valence-electron chi connectivity index (χ3n) is 5.27. The van der Waals surface area contributed by atoms with Crippen LogP contribution in [-0.4, -0.2) is 53.2 Å². The molecule has 0 saturated carbocycles. The summed E-state index contributed by atoms with van der Waals surface area (Å²) in [5.41, 5.74) is 3.51. The van der Waals surface area contributed by atoms with Crippen LogP contribution in [0.1, 0.15) is 42.6 Å². The van der Waals surface area contributed by atoms with Gasteiger partial charge >= 0.3 is 0 Å². The number of nitrogens with zero attached hydrogens (tertiary/aromatic N) is 2. The van der Waals surface area contributed by atoms with Crippen LogP contribution in [0, 0.1) is 13.8 Å². The minimum absolute atomic E-state index is 0.375. The minimum Gasteiger partial charge on any atom is -0.387 e. The molecule has 2 aliphatic heterocycles. The zero-order valence-corrected chi connectivity index (χ0v) is 13.5. The zero-order chi connectivity index (χ0) is 15.0. The third-order valence-corrected chi connectivity index (χ3v) is 5.27. The molecule has 0 spiro atoms. The van der Waals surface area contributed by atoms with Crippen LogP contribution in [0.3, 0.4) is 0 Å². The van der Waals surface area contributed by atoms with E-state index >= 15 is 0 Å². The van der Waals surface area contributed by atoms with E-state index in [1.165, 1.54) is 30.5 Å². The van der Waals surface area contributed by atoms with E-state index in [0.29, 0.717) is 12.1 Å². The van der Waals surface area contributed by atoms with Crippen molar-refractivity contribution in [3.05, 3.63) is 34.9 Å². The predicted molar refractivity (Wildman–Crippen MR) is 86.5 cm³/mol. The molecule has 0 bridgehead atoms. The lowest BCUT2D eigenvalue weighted by Gasteiger charge is -2.43. The van der Waals surface area contributed by atoms with Crippen LogP contribution in [-0.2, 0) is 0 Å². The number of β-amino-alcohol motifs (C(OH)–C–C–N with tert-alkyl or cyclic N) is 1. The number of benzene rings is 1. The Labute approximate surface area is 128 Å². The lowest BCUT2D eigenvalue weighted by atomic mass is 9.99. The molecular formula is C18H28N2O. The Balaban J connectivity index is 1.69. The number of hydrogen-bond acceptors (Lipinski definition) is 3. The van der Waals surface area contributed by atoms with E-state index in [9.17, 15) is 5.11 Å². The van der Waals surface area contributed by atoms with Crippen molar-refractivity contribution >= 4 is 0 Å². The lowest BCUT2D eigenvalue weighted by molar-refractivity contribution is 0.0224. The van der Waals surface area contributed by atoms with Crippen LogP contribution >= 0.6 is 0 Å². The van der Waals surface area contributed by atoms with E-state index in [1.807, 2.05) is 0 Å². The third kappa shape index (κ3) is 3.15. The van der Waals surface area contributed by atoms with Crippen LogP contribution in [0.4, 0.5) is 0 Å². The van der Waals surface area contributed by atoms with Crippen LogP contribution in [0.25, 0.3) is 0 Å². The zero-order valence-electron chi connectivity index (χ0n) is 13.5. The molecule has 3 atom stereocenters. The topological polar surface area (TPSA) is 26.7 Å². The average molecular weight is 288 g/mol. The quantitative estimate of drug-likeness (QED) is 0.926. The number of piperazine rings is 1. The molecular weight excluding hydrogens is 260 g/mol. The van der Waals surface area contributed by atoms with Gasteiger partial charge in [-0.3, -0.25) is 9.80 Å². The van der Waals surface area contributed by atoms with Gasteiger partial charge in [0.05, 0.1) is 6.10 Å². The molecule has 1 N–H and O–H groups in total. The molecule has 1 aromatic carbocycles. The number of aliphatic hydroxyl groups is 1. The van der Waals surface area contributed by atoms with E-state index in [4.69, 9.17) is 0 Å². The van der Waals surface area contributed by atoms with Crippen molar-refractivity contribution in [1.82, 2.24) is 9.80 Å². The Morgan fingerprint density at radius 1 is 1.29 bits per heavy atom. The largest absolute Gasteiger partial charge is 0.387 e. The summed E-state index contributed by atoms with van der Waals surface area (Å²) in [5.74, 6) is 0. The van der Waals surface area contributed by atoms with Gasteiger partial charge in [-0.05, 0) is 51.3 Å². The maximum atomic E-state index is 10.7. The maximum Gasteiger partial charge on any atom is 0.0919 e. The summed E-state index contributed by atoms with van der Waals surface area (Å²) >= 11 is 0. The molecule has 3 heteroatoms. The minimum atomic E-state index is -0.375. The second-order valence-corrected chi connectivity index (χ2v) is 6.97. The highest BCUT2D eigenvalue weighted by molar-refractivity contribution is 5.32. The summed E-state index contributed by atoms with van der Waals surface area (Å²) < 4.78 is 0. The SMILES string of the molecule is Cc1ccc(C)c(C(O)CN2CC3CCCN3CC2C)c1. The van der Waals surface area contributed by atoms with Crippen LogP contribution in [0.5, 0.6) is 0 Å². The molecule has 2 heterocycles. The fourth-order valence-electron chi connectivity index (χ4n) is 3.94. The van der Waals surface area contributed by atoms with Crippen LogP contribution < -0.4 is 0 Å². The molecule has 3 rings (SSSR count). The van der Waals surface area contributed by atoms with Gasteiger partial charge in [0.2, 0.25) is 0 Å². The molecule has 0 aromatic heterocycles. The molecule has 1 aromatic rings. The highest BCUT2D eigenvalue weighted by Crippen LogP contribution is 2.27. The van der Waals surface area contributed by atoms with Crippen molar-refractivity contribution in [3.8, 4) is 0 Å². The van der Waals surface area contributed by atoms with Crippen molar-refractivity contribution < 1.29 is 5.11 Å². The van der Waals surface area contributed by atoms with Gasteiger partial charge in [0.25, 0.3) is 0 Å². The second-order valence-electron chi connectivity index (χ2n) is 6.97. The fourth-order valence-corrected chi connectivity index (χ4v) is 3.94. The first kappa shape index (κ1) is 15.0. The first-order valence-electron chi connectivity index (χ1n) is 8.28. The molecule has 2 fully saturated rings. The molecule has 3 unspecified atom stereocenters. The molecule has 0 radical (unpaired) electrons. The van der Waals surface area contributed by atoms with Crippen molar-refractivity contribution in [3.63, 3.8) is 0 Å². The van der Waals surface area contributed by atoms with Gasteiger partial charge in [0.1, 0.15) is 0 Å². The Kier molecular flexibility index (Phi) is 4.34. The first-order chi connectivity index (χ1) is 10.0. The van der Waals surface area contributed by atoms with Crippen molar-refractivity contribution in [2.75, 3.05) is 26.2 Å². The fraction of sp³-hybridized carbons (Fsp3) is 0.667. The van der Waals surface area contributed by atoms with E-state index in [0.717, 1.165) is 25.2 Å². The molecule has 0 amide bonds. The number of aryl methyl sites for hydroxylation is 2. The van der Waals surface area contributed by atoms with Crippen molar-refractivity contribution in [2.24, 2.45) is 0 Å². The molecule has 2 saturated heterocycles. The van der Waals surface area contributed by atoms with Crippen LogP contribution in [0.2, 0.25) is 0 Å². The smallest absolute Gasteiger partial charge is 0.0919 e. The van der Waals surface area contributed by atoms with E-state index in [1.54, 1.807) is 0 Å². The Morgan fingerprint density at radius 3 is 2.90 bits per heavy atom. The second kappa shape index (κ2) is 6.07. The molecule has 21 heavy (non-hydrogen) atoms. The number of aliphatic hydroxyl groups excluding tert-OH is 1. The highest BCUT2D eigenvalue weighted by atomic mass is 16.3. The number of fused-ring (bicyclic) bond motifs is 1. The van der Waals surface area contributed by atoms with Crippen molar-refractivity contribution in [1.29, 1.82) is 0 Å². The number of rotatable bonds is 3. The van der Waals surface area contributed by atoms with Gasteiger partial charge in [0, 0.05) is 31.7 Å². The predicted octanol–water partition coefficient (Wildman–Crippen LogP) is 2.51. The van der Waals surface area contributed by atoms with E-state index in [2.05, 4.69) is 48.8 Å². The van der Waals surface area contributed by atoms with Gasteiger partial charge in [0.15, 0.2) is 0 Å². The van der Waals surface area contributed by atoms with Gasteiger partial charge in [-0.25, -0.2) is 0 Å². The van der Waals surface area contributed by atoms with Gasteiger partial charge < -0.3 is 5.11 Å². The average Bonchev–Trinajstić information content (AvgIpc) is 2.88.